The number of carbonyl (C=O) groups excluding carboxylic acids is 2. The summed E-state index contributed by atoms with van der Waals surface area (Å²) in [5.74, 6) is -1.58. The molecular weight excluding hydrogens is 468 g/mol. The Morgan fingerprint density at radius 2 is 1.65 bits per heavy atom. The summed E-state index contributed by atoms with van der Waals surface area (Å²) >= 11 is 0. The van der Waals surface area contributed by atoms with E-state index in [1.54, 1.807) is 25.1 Å². The van der Waals surface area contributed by atoms with Crippen LogP contribution >= 0.6 is 0 Å². The van der Waals surface area contributed by atoms with Gasteiger partial charge in [-0.1, -0.05) is 78.8 Å². The SMILES string of the molecule is CNCc1cccc(C(C)(C)[C@@H](NC)C(=O)N[C@H](C(=O)N(C)[C@H](/C=C(\C)C(=O)O)C(C)C)C(C)(C)C)c1. The molecule has 0 heterocycles. The number of carbonyl (C=O) groups is 3. The molecule has 0 radical (unpaired) electrons. The number of amides is 2. The second-order valence-electron chi connectivity index (χ2n) is 11.8. The number of nitrogens with one attached hydrogen (secondary N) is 3. The van der Waals surface area contributed by atoms with Gasteiger partial charge in [-0.25, -0.2) is 4.79 Å². The summed E-state index contributed by atoms with van der Waals surface area (Å²) in [6, 6.07) is 6.29. The van der Waals surface area contributed by atoms with Crippen molar-refractivity contribution in [2.75, 3.05) is 21.1 Å². The van der Waals surface area contributed by atoms with Crippen molar-refractivity contribution in [1.29, 1.82) is 0 Å². The van der Waals surface area contributed by atoms with Crippen molar-refractivity contribution in [1.82, 2.24) is 20.9 Å². The zero-order valence-electron chi connectivity index (χ0n) is 24.5. The summed E-state index contributed by atoms with van der Waals surface area (Å²) in [6.45, 7) is 15.9. The maximum atomic E-state index is 13.8. The number of hydrogen-bond acceptors (Lipinski definition) is 5. The highest BCUT2D eigenvalue weighted by atomic mass is 16.4. The van der Waals surface area contributed by atoms with Gasteiger partial charge in [-0.15, -0.1) is 0 Å². The quantitative estimate of drug-likeness (QED) is 0.317. The van der Waals surface area contributed by atoms with E-state index in [9.17, 15) is 19.5 Å². The van der Waals surface area contributed by atoms with Crippen LogP contribution in [0, 0.1) is 11.3 Å². The molecule has 0 bridgehead atoms. The molecule has 0 saturated carbocycles. The third-order valence-corrected chi connectivity index (χ3v) is 6.96. The van der Waals surface area contributed by atoms with Crippen molar-refractivity contribution in [3.63, 3.8) is 0 Å². The molecule has 8 nitrogen and oxygen atoms in total. The molecule has 0 saturated heterocycles. The number of carboxylic acid groups (broad SMARTS) is 1. The average Bonchev–Trinajstić information content (AvgIpc) is 2.79. The topological polar surface area (TPSA) is 111 Å². The fourth-order valence-electron chi connectivity index (χ4n) is 4.58. The van der Waals surface area contributed by atoms with Crippen molar-refractivity contribution in [3.05, 3.63) is 47.0 Å². The Balaban J connectivity index is 3.33. The lowest BCUT2D eigenvalue weighted by Gasteiger charge is -2.40. The molecule has 4 N–H and O–H groups in total. The van der Waals surface area contributed by atoms with E-state index < -0.39 is 34.9 Å². The van der Waals surface area contributed by atoms with Crippen molar-refractivity contribution in [2.24, 2.45) is 11.3 Å². The predicted molar refractivity (Wildman–Crippen MR) is 149 cm³/mol. The number of aliphatic carboxylic acids is 1. The van der Waals surface area contributed by atoms with Gasteiger partial charge in [0.2, 0.25) is 11.8 Å². The second-order valence-corrected chi connectivity index (χ2v) is 11.8. The average molecular weight is 517 g/mol. The Bertz CT molecular complexity index is 978. The largest absolute Gasteiger partial charge is 0.478 e. The first-order valence-electron chi connectivity index (χ1n) is 12.9. The monoisotopic (exact) mass is 516 g/mol. The van der Waals surface area contributed by atoms with Gasteiger partial charge in [0, 0.05) is 24.6 Å². The van der Waals surface area contributed by atoms with Crippen LogP contribution in [0.2, 0.25) is 0 Å². The van der Waals surface area contributed by atoms with Gasteiger partial charge in [0.15, 0.2) is 0 Å². The molecule has 1 aromatic carbocycles. The lowest BCUT2D eigenvalue weighted by molar-refractivity contribution is -0.141. The minimum Gasteiger partial charge on any atom is -0.478 e. The van der Waals surface area contributed by atoms with Gasteiger partial charge in [0.25, 0.3) is 0 Å². The maximum absolute atomic E-state index is 13.8. The summed E-state index contributed by atoms with van der Waals surface area (Å²) in [5.41, 5.74) is 1.16. The first-order chi connectivity index (χ1) is 17.0. The van der Waals surface area contributed by atoms with E-state index in [1.165, 1.54) is 6.92 Å². The maximum Gasteiger partial charge on any atom is 0.331 e. The van der Waals surface area contributed by atoms with Crippen LogP contribution in [0.4, 0.5) is 0 Å². The third kappa shape index (κ3) is 8.40. The Hall–Kier alpha value is -2.71. The van der Waals surface area contributed by atoms with Crippen LogP contribution in [-0.2, 0) is 26.3 Å². The van der Waals surface area contributed by atoms with Gasteiger partial charge in [-0.3, -0.25) is 9.59 Å². The van der Waals surface area contributed by atoms with E-state index in [-0.39, 0.29) is 23.3 Å². The number of benzene rings is 1. The molecule has 2 amide bonds. The molecule has 0 aromatic heterocycles. The summed E-state index contributed by atoms with van der Waals surface area (Å²) in [4.78, 5) is 40.5. The molecule has 0 unspecified atom stereocenters. The van der Waals surface area contributed by atoms with Gasteiger partial charge in [-0.05, 0) is 43.5 Å². The molecule has 0 aliphatic heterocycles. The Morgan fingerprint density at radius 3 is 2.11 bits per heavy atom. The minimum absolute atomic E-state index is 0.0200. The summed E-state index contributed by atoms with van der Waals surface area (Å²) in [6.07, 6.45) is 1.60. The van der Waals surface area contributed by atoms with E-state index >= 15 is 0 Å². The third-order valence-electron chi connectivity index (χ3n) is 6.96. The summed E-state index contributed by atoms with van der Waals surface area (Å²) < 4.78 is 0. The zero-order chi connectivity index (χ0) is 28.7. The molecule has 3 atom stereocenters. The van der Waals surface area contributed by atoms with Crippen molar-refractivity contribution < 1.29 is 19.5 Å². The van der Waals surface area contributed by atoms with Crippen molar-refractivity contribution in [3.8, 4) is 0 Å². The van der Waals surface area contributed by atoms with E-state index in [4.69, 9.17) is 0 Å². The van der Waals surface area contributed by atoms with Crippen LogP contribution in [0.1, 0.15) is 66.5 Å². The molecule has 8 heteroatoms. The van der Waals surface area contributed by atoms with Gasteiger partial charge in [0.1, 0.15) is 6.04 Å². The summed E-state index contributed by atoms with van der Waals surface area (Å²) in [5, 5.41) is 18.7. The van der Waals surface area contributed by atoms with Crippen LogP contribution in [0.25, 0.3) is 0 Å². The number of hydrogen-bond donors (Lipinski definition) is 4. The van der Waals surface area contributed by atoms with Crippen LogP contribution in [0.5, 0.6) is 0 Å². The van der Waals surface area contributed by atoms with Gasteiger partial charge < -0.3 is 26.0 Å². The van der Waals surface area contributed by atoms with Crippen LogP contribution in [0.15, 0.2) is 35.9 Å². The number of likely N-dealkylation sites (N-methyl/N-ethyl adjacent to an activating group) is 2. The molecular formula is C29H48N4O4. The zero-order valence-corrected chi connectivity index (χ0v) is 24.5. The molecule has 0 aliphatic carbocycles. The lowest BCUT2D eigenvalue weighted by atomic mass is 9.76. The molecule has 37 heavy (non-hydrogen) atoms. The second kappa shape index (κ2) is 13.2. The molecule has 208 valence electrons. The molecule has 1 rings (SSSR count). The Morgan fingerprint density at radius 1 is 1.05 bits per heavy atom. The smallest absolute Gasteiger partial charge is 0.331 e. The lowest BCUT2D eigenvalue weighted by Crippen LogP contribution is -2.61. The number of carboxylic acids is 1. The van der Waals surface area contributed by atoms with E-state index in [0.717, 1.165) is 17.7 Å². The van der Waals surface area contributed by atoms with E-state index in [1.807, 2.05) is 73.7 Å². The molecule has 0 aliphatic rings. The fraction of sp³-hybridized carbons (Fsp3) is 0.621. The standard InChI is InChI=1S/C29H48N4O4/c1-18(2)22(15-19(3)27(36)37)33(11)26(35)24(28(4,5)6)32-25(34)23(31-10)29(7,8)21-14-12-13-20(16-21)17-30-9/h12-16,18,22-24,30-31H,17H2,1-11H3,(H,32,34)(H,36,37)/b19-15+/t22-,23+,24-/m1/s1. The minimum atomic E-state index is -1.02. The van der Waals surface area contributed by atoms with Crippen LogP contribution < -0.4 is 16.0 Å². The highest BCUT2D eigenvalue weighted by Crippen LogP contribution is 2.30. The number of nitrogens with zero attached hydrogens (tertiary/aromatic N) is 1. The molecule has 0 spiro atoms. The van der Waals surface area contributed by atoms with Crippen LogP contribution in [0.3, 0.4) is 0 Å². The van der Waals surface area contributed by atoms with Crippen molar-refractivity contribution in [2.45, 2.75) is 85.5 Å². The normalized spacial score (nSPS) is 15.2. The first kappa shape index (κ1) is 32.3. The first-order valence-corrected chi connectivity index (χ1v) is 12.9. The van der Waals surface area contributed by atoms with Gasteiger partial charge >= 0.3 is 5.97 Å². The highest BCUT2D eigenvalue weighted by Gasteiger charge is 2.41. The predicted octanol–water partition coefficient (Wildman–Crippen LogP) is 3.32. The molecule has 1 aromatic rings. The Labute approximate surface area is 223 Å². The van der Waals surface area contributed by atoms with Gasteiger partial charge in [-0.2, -0.15) is 0 Å². The van der Waals surface area contributed by atoms with Crippen molar-refractivity contribution >= 4 is 17.8 Å². The van der Waals surface area contributed by atoms with Crippen LogP contribution in [-0.4, -0.2) is 67.1 Å². The van der Waals surface area contributed by atoms with E-state index in [2.05, 4.69) is 22.0 Å². The fourth-order valence-corrected chi connectivity index (χ4v) is 4.58. The summed E-state index contributed by atoms with van der Waals surface area (Å²) in [7, 11) is 5.30. The Kier molecular flexibility index (Phi) is 11.5. The highest BCUT2D eigenvalue weighted by molar-refractivity contribution is 5.91. The van der Waals surface area contributed by atoms with Gasteiger partial charge in [0.05, 0.1) is 12.1 Å². The molecule has 0 fully saturated rings. The number of rotatable bonds is 12. The van der Waals surface area contributed by atoms with E-state index in [0.29, 0.717) is 0 Å².